The number of pyridine rings is 1. The number of nitrogens with one attached hydrogen (secondary N) is 2. The zero-order valence-corrected chi connectivity index (χ0v) is 20.6. The second kappa shape index (κ2) is 8.66. The zero-order chi connectivity index (χ0) is 27.5. The van der Waals surface area contributed by atoms with Gasteiger partial charge in [-0.15, -0.1) is 0 Å². The number of alkyl halides is 3. The number of halogens is 3. The SMILES string of the molecule is CS(=O)(=O)CC(=O)Nc1c2c(nn1-c1ccc(C#N)cn1)C[C@]1(CCc3cc(C(F)(F)F)ccc31)NC2=O. The van der Waals surface area contributed by atoms with Crippen LogP contribution in [0.15, 0.2) is 36.5 Å². The first-order valence-electron chi connectivity index (χ1n) is 11.3. The average Bonchev–Trinajstić information content (AvgIpc) is 3.35. The maximum Gasteiger partial charge on any atom is 0.416 e. The number of aromatic nitrogens is 3. The Morgan fingerprint density at radius 1 is 1.29 bits per heavy atom. The van der Waals surface area contributed by atoms with E-state index in [2.05, 4.69) is 20.7 Å². The second-order valence-electron chi connectivity index (χ2n) is 9.30. The van der Waals surface area contributed by atoms with Gasteiger partial charge >= 0.3 is 6.18 Å². The molecule has 0 bridgehead atoms. The number of nitrogens with zero attached hydrogens (tertiary/aromatic N) is 4. The van der Waals surface area contributed by atoms with Gasteiger partial charge in [0, 0.05) is 18.9 Å². The number of anilines is 1. The van der Waals surface area contributed by atoms with Crippen LogP contribution in [-0.2, 0) is 39.2 Å². The number of hydrogen-bond acceptors (Lipinski definition) is 7. The summed E-state index contributed by atoms with van der Waals surface area (Å²) in [6.07, 6.45) is -1.58. The highest BCUT2D eigenvalue weighted by Gasteiger charge is 2.47. The van der Waals surface area contributed by atoms with Crippen LogP contribution in [0, 0.1) is 11.3 Å². The Morgan fingerprint density at radius 2 is 2.05 bits per heavy atom. The molecule has 0 saturated heterocycles. The Bertz CT molecular complexity index is 1640. The van der Waals surface area contributed by atoms with Gasteiger partial charge in [0.1, 0.15) is 17.4 Å². The van der Waals surface area contributed by atoms with E-state index in [1.54, 1.807) is 0 Å². The van der Waals surface area contributed by atoms with E-state index < -0.39 is 44.7 Å². The van der Waals surface area contributed by atoms with Crippen molar-refractivity contribution in [2.75, 3.05) is 17.3 Å². The second-order valence-corrected chi connectivity index (χ2v) is 11.4. The summed E-state index contributed by atoms with van der Waals surface area (Å²) >= 11 is 0. The van der Waals surface area contributed by atoms with Crippen molar-refractivity contribution < 1.29 is 31.2 Å². The van der Waals surface area contributed by atoms with Gasteiger partial charge in [0.25, 0.3) is 5.91 Å². The molecule has 2 N–H and O–H groups in total. The number of carbonyl (C=O) groups excluding carboxylic acids is 2. The van der Waals surface area contributed by atoms with Crippen LogP contribution in [0.5, 0.6) is 0 Å². The van der Waals surface area contributed by atoms with E-state index in [9.17, 15) is 31.2 Å². The third-order valence-electron chi connectivity index (χ3n) is 6.52. The fourth-order valence-electron chi connectivity index (χ4n) is 4.94. The topological polar surface area (TPSA) is 147 Å². The van der Waals surface area contributed by atoms with Crippen LogP contribution in [0.4, 0.5) is 19.0 Å². The highest BCUT2D eigenvalue weighted by atomic mass is 32.2. The van der Waals surface area contributed by atoms with Gasteiger partial charge in [-0.05, 0) is 48.2 Å². The molecule has 0 radical (unpaired) electrons. The van der Waals surface area contributed by atoms with Crippen molar-refractivity contribution in [3.05, 3.63) is 70.0 Å². The highest BCUT2D eigenvalue weighted by molar-refractivity contribution is 7.91. The smallest absolute Gasteiger partial charge is 0.342 e. The first kappa shape index (κ1) is 25.4. The molecular weight excluding hydrogens is 525 g/mol. The summed E-state index contributed by atoms with van der Waals surface area (Å²) < 4.78 is 64.2. The molecule has 1 spiro atoms. The number of amides is 2. The van der Waals surface area contributed by atoms with E-state index in [0.29, 0.717) is 24.0 Å². The summed E-state index contributed by atoms with van der Waals surface area (Å²) in [5, 5.41) is 18.9. The van der Waals surface area contributed by atoms with Gasteiger partial charge in [-0.25, -0.2) is 13.4 Å². The lowest BCUT2D eigenvalue weighted by Crippen LogP contribution is -2.50. The van der Waals surface area contributed by atoms with Crippen molar-refractivity contribution in [2.24, 2.45) is 0 Å². The highest BCUT2D eigenvalue weighted by Crippen LogP contribution is 2.45. The number of rotatable bonds is 4. The summed E-state index contributed by atoms with van der Waals surface area (Å²) in [7, 11) is -3.69. The van der Waals surface area contributed by atoms with Crippen LogP contribution in [0.3, 0.4) is 0 Å². The molecule has 10 nitrogen and oxygen atoms in total. The van der Waals surface area contributed by atoms with Crippen molar-refractivity contribution in [3.8, 4) is 11.9 Å². The predicted octanol–water partition coefficient (Wildman–Crippen LogP) is 2.27. The van der Waals surface area contributed by atoms with Crippen molar-refractivity contribution in [1.29, 1.82) is 5.26 Å². The molecule has 1 aliphatic heterocycles. The van der Waals surface area contributed by atoms with Gasteiger partial charge in [-0.2, -0.15) is 28.2 Å². The Morgan fingerprint density at radius 3 is 2.68 bits per heavy atom. The number of aryl methyl sites for hydroxylation is 1. The number of nitriles is 1. The van der Waals surface area contributed by atoms with Crippen LogP contribution in [0.25, 0.3) is 5.82 Å². The van der Waals surface area contributed by atoms with Crippen LogP contribution in [0.1, 0.15) is 44.7 Å². The minimum atomic E-state index is -4.50. The first-order valence-corrected chi connectivity index (χ1v) is 13.3. The molecule has 2 amide bonds. The Kier molecular flexibility index (Phi) is 5.79. The summed E-state index contributed by atoms with van der Waals surface area (Å²) in [5.74, 6) is -2.33. The molecule has 14 heteroatoms. The molecule has 1 atom stereocenters. The molecular formula is C24H19F3N6O4S. The van der Waals surface area contributed by atoms with E-state index in [1.807, 2.05) is 6.07 Å². The maximum atomic E-state index is 13.4. The first-order chi connectivity index (χ1) is 17.8. The molecule has 2 aromatic heterocycles. The normalized spacial score (nSPS) is 18.4. The van der Waals surface area contributed by atoms with Gasteiger partial charge in [0.2, 0.25) is 5.91 Å². The van der Waals surface area contributed by atoms with Gasteiger partial charge in [-0.3, -0.25) is 9.59 Å². The average molecular weight is 545 g/mol. The van der Waals surface area contributed by atoms with Crippen LogP contribution >= 0.6 is 0 Å². The minimum Gasteiger partial charge on any atom is -0.342 e. The lowest BCUT2D eigenvalue weighted by molar-refractivity contribution is -0.137. The van der Waals surface area contributed by atoms with Gasteiger partial charge in [0.05, 0.1) is 22.4 Å². The number of benzene rings is 1. The van der Waals surface area contributed by atoms with Crippen LogP contribution in [0.2, 0.25) is 0 Å². The fourth-order valence-corrected chi connectivity index (χ4v) is 5.49. The monoisotopic (exact) mass is 544 g/mol. The largest absolute Gasteiger partial charge is 0.416 e. The number of carbonyl (C=O) groups is 2. The maximum absolute atomic E-state index is 13.4. The fraction of sp³-hybridized carbons (Fsp3) is 0.292. The molecule has 3 aromatic rings. The number of hydrogen-bond donors (Lipinski definition) is 2. The van der Waals surface area contributed by atoms with Crippen LogP contribution in [-0.4, -0.2) is 47.0 Å². The zero-order valence-electron chi connectivity index (χ0n) is 19.8. The lowest BCUT2D eigenvalue weighted by atomic mass is 9.82. The summed E-state index contributed by atoms with van der Waals surface area (Å²) in [6.45, 7) is 0. The Hall–Kier alpha value is -4.25. The lowest BCUT2D eigenvalue weighted by Gasteiger charge is -2.35. The van der Waals surface area contributed by atoms with Crippen molar-refractivity contribution in [1.82, 2.24) is 20.1 Å². The molecule has 2 aliphatic rings. The standard InChI is InChI=1S/C24H19F3N6O4S/c1-38(36,37)12-19(34)30-21-20-17(32-33(21)18-5-2-13(10-28)11-29-18)9-23(31-22(20)35)7-6-14-8-15(24(25,26)27)3-4-16(14)23/h2-5,8,11H,6-7,9,12H2,1H3,(H,30,34)(H,31,35)/t23-/m0/s1. The quantitative estimate of drug-likeness (QED) is 0.512. The molecule has 0 unspecified atom stereocenters. The number of fused-ring (bicyclic) bond motifs is 3. The third-order valence-corrected chi connectivity index (χ3v) is 7.31. The molecule has 38 heavy (non-hydrogen) atoms. The van der Waals surface area contributed by atoms with Crippen molar-refractivity contribution in [3.63, 3.8) is 0 Å². The molecule has 196 valence electrons. The van der Waals surface area contributed by atoms with E-state index >= 15 is 0 Å². The summed E-state index contributed by atoms with van der Waals surface area (Å²) in [5.41, 5.74) is -0.258. The van der Waals surface area contributed by atoms with Gasteiger partial charge in [0.15, 0.2) is 21.5 Å². The number of sulfone groups is 1. The molecule has 1 aliphatic carbocycles. The van der Waals surface area contributed by atoms with E-state index in [4.69, 9.17) is 5.26 Å². The predicted molar refractivity (Wildman–Crippen MR) is 127 cm³/mol. The van der Waals surface area contributed by atoms with Gasteiger partial charge < -0.3 is 10.6 Å². The summed E-state index contributed by atoms with van der Waals surface area (Å²) in [4.78, 5) is 30.1. The molecule has 0 fully saturated rings. The minimum absolute atomic E-state index is 0.0102. The Labute approximate surface area is 214 Å². The molecule has 3 heterocycles. The molecule has 5 rings (SSSR count). The van der Waals surface area contributed by atoms with Crippen molar-refractivity contribution in [2.45, 2.75) is 31.0 Å². The van der Waals surface area contributed by atoms with Gasteiger partial charge in [-0.1, -0.05) is 6.07 Å². The van der Waals surface area contributed by atoms with E-state index in [0.717, 1.165) is 18.4 Å². The van der Waals surface area contributed by atoms with E-state index in [-0.39, 0.29) is 34.9 Å². The molecule has 1 aromatic carbocycles. The van der Waals surface area contributed by atoms with Crippen molar-refractivity contribution >= 4 is 27.5 Å². The van der Waals surface area contributed by atoms with Crippen LogP contribution < -0.4 is 10.6 Å². The third kappa shape index (κ3) is 4.49. The van der Waals surface area contributed by atoms with E-state index in [1.165, 1.54) is 29.1 Å². The Balaban J connectivity index is 1.59. The summed E-state index contributed by atoms with van der Waals surface area (Å²) in [6, 6.07) is 8.25. The molecule has 0 saturated carbocycles.